The van der Waals surface area contributed by atoms with Crippen LogP contribution in [0.2, 0.25) is 0 Å². The Kier molecular flexibility index (Phi) is 4.33. The lowest BCUT2D eigenvalue weighted by Crippen LogP contribution is -2.17. The fourth-order valence-corrected chi connectivity index (χ4v) is 3.29. The van der Waals surface area contributed by atoms with Crippen LogP contribution in [0, 0.1) is 0 Å². The molecule has 2 aromatic rings. The summed E-state index contributed by atoms with van der Waals surface area (Å²) in [5, 5.41) is 4.55. The number of carbonyl (C=O) groups excluding carboxylic acids is 1. The maximum Gasteiger partial charge on any atom is 0.263 e. The summed E-state index contributed by atoms with van der Waals surface area (Å²) < 4.78 is 6.13. The normalized spacial score (nSPS) is 16.3. The first-order chi connectivity index (χ1) is 10.2. The Labute approximate surface area is 135 Å². The van der Waals surface area contributed by atoms with Gasteiger partial charge in [-0.25, -0.2) is 4.98 Å². The number of hydrogen-bond donors (Lipinski definition) is 1. The Balaban J connectivity index is 1.65. The lowest BCUT2D eigenvalue weighted by molar-refractivity contribution is -0.115. The van der Waals surface area contributed by atoms with Gasteiger partial charge in [-0.1, -0.05) is 36.1 Å². The highest BCUT2D eigenvalue weighted by Gasteiger charge is 2.21. The number of nitrogens with one attached hydrogen (secondary N) is 1. The second-order valence-electron chi connectivity index (χ2n) is 4.19. The van der Waals surface area contributed by atoms with Gasteiger partial charge in [-0.05, 0) is 23.8 Å². The Bertz CT molecular complexity index is 694. The summed E-state index contributed by atoms with van der Waals surface area (Å²) in [6, 6.07) is 7.54. The molecular weight excluding hydrogens is 324 g/mol. The second-order valence-corrected chi connectivity index (χ2v) is 6.63. The van der Waals surface area contributed by atoms with Gasteiger partial charge in [-0.3, -0.25) is 4.79 Å². The summed E-state index contributed by atoms with van der Waals surface area (Å²) >= 11 is 7.77. The predicted molar refractivity (Wildman–Crippen MR) is 89.2 cm³/mol. The molecule has 21 heavy (non-hydrogen) atoms. The number of thioether (sulfide) groups is 1. The molecule has 0 unspecified atom stereocenters. The van der Waals surface area contributed by atoms with Gasteiger partial charge >= 0.3 is 0 Å². The molecule has 0 bridgehead atoms. The van der Waals surface area contributed by atoms with E-state index in [1.165, 1.54) is 11.8 Å². The van der Waals surface area contributed by atoms with Crippen molar-refractivity contribution in [3.8, 4) is 5.75 Å². The summed E-state index contributed by atoms with van der Waals surface area (Å²) in [4.78, 5) is 16.3. The van der Waals surface area contributed by atoms with E-state index in [1.54, 1.807) is 16.8 Å². The van der Waals surface area contributed by atoms with Crippen molar-refractivity contribution in [2.75, 3.05) is 0 Å². The first-order valence-corrected chi connectivity index (χ1v) is 8.22. The first-order valence-electron chi connectivity index (χ1n) is 6.05. The molecule has 4 nitrogen and oxygen atoms in total. The molecule has 0 saturated carbocycles. The molecule has 1 saturated heterocycles. The van der Waals surface area contributed by atoms with Crippen LogP contribution < -0.4 is 10.1 Å². The Hall–Kier alpha value is -1.70. The van der Waals surface area contributed by atoms with E-state index in [1.807, 2.05) is 35.7 Å². The highest BCUT2D eigenvalue weighted by molar-refractivity contribution is 8.26. The smallest absolute Gasteiger partial charge is 0.263 e. The number of hydrogen-bond acceptors (Lipinski definition) is 6. The average Bonchev–Trinajstić information content (AvgIpc) is 3.08. The number of thiazole rings is 1. The molecule has 1 amide bonds. The number of aromatic nitrogens is 1. The zero-order chi connectivity index (χ0) is 14.7. The molecule has 7 heteroatoms. The summed E-state index contributed by atoms with van der Waals surface area (Å²) in [7, 11) is 0. The van der Waals surface area contributed by atoms with Crippen LogP contribution in [-0.4, -0.2) is 15.2 Å². The molecule has 1 aromatic carbocycles. The van der Waals surface area contributed by atoms with Crippen LogP contribution in [0.3, 0.4) is 0 Å². The molecule has 0 aliphatic carbocycles. The van der Waals surface area contributed by atoms with Gasteiger partial charge in [0, 0.05) is 5.38 Å². The van der Waals surface area contributed by atoms with E-state index in [0.717, 1.165) is 17.0 Å². The van der Waals surface area contributed by atoms with Crippen molar-refractivity contribution in [2.45, 2.75) is 6.61 Å². The molecule has 106 valence electrons. The third-order valence-corrected chi connectivity index (χ3v) is 4.49. The summed E-state index contributed by atoms with van der Waals surface area (Å²) in [6.45, 7) is 0.455. The SMILES string of the molecule is O=C1NC(=S)S/C1=C/c1ccc(OCc2cscn2)cc1. The van der Waals surface area contributed by atoms with Crippen LogP contribution in [0.15, 0.2) is 40.1 Å². The molecule has 0 spiro atoms. The monoisotopic (exact) mass is 334 g/mol. The molecular formula is C14H10N2O2S3. The minimum Gasteiger partial charge on any atom is -0.487 e. The third kappa shape index (κ3) is 3.69. The van der Waals surface area contributed by atoms with Crippen molar-refractivity contribution >= 4 is 51.6 Å². The van der Waals surface area contributed by atoms with Gasteiger partial charge in [0.1, 0.15) is 16.7 Å². The van der Waals surface area contributed by atoms with Crippen LogP contribution in [0.25, 0.3) is 6.08 Å². The van der Waals surface area contributed by atoms with Crippen LogP contribution in [-0.2, 0) is 11.4 Å². The molecule has 0 radical (unpaired) electrons. The number of benzene rings is 1. The fourth-order valence-electron chi connectivity index (χ4n) is 1.70. The van der Waals surface area contributed by atoms with Crippen LogP contribution >= 0.6 is 35.3 Å². The lowest BCUT2D eigenvalue weighted by Gasteiger charge is -2.04. The second kappa shape index (κ2) is 6.38. The van der Waals surface area contributed by atoms with Crippen LogP contribution in [0.4, 0.5) is 0 Å². The minimum atomic E-state index is -0.145. The molecule has 1 N–H and O–H groups in total. The number of nitrogens with zero attached hydrogens (tertiary/aromatic N) is 1. The maximum absolute atomic E-state index is 11.6. The molecule has 1 aliphatic rings. The summed E-state index contributed by atoms with van der Waals surface area (Å²) in [5.74, 6) is 0.623. The summed E-state index contributed by atoms with van der Waals surface area (Å²) in [5.41, 5.74) is 3.63. The van der Waals surface area contributed by atoms with Crippen molar-refractivity contribution < 1.29 is 9.53 Å². The van der Waals surface area contributed by atoms with Crippen LogP contribution in [0.5, 0.6) is 5.75 Å². The van der Waals surface area contributed by atoms with Crippen molar-refractivity contribution in [1.29, 1.82) is 0 Å². The number of thiocarbonyl (C=S) groups is 1. The van der Waals surface area contributed by atoms with E-state index >= 15 is 0 Å². The number of ether oxygens (including phenoxy) is 1. The van der Waals surface area contributed by atoms with Crippen LogP contribution in [0.1, 0.15) is 11.3 Å². The molecule has 1 aliphatic heterocycles. The van der Waals surface area contributed by atoms with E-state index in [0.29, 0.717) is 15.8 Å². The molecule has 1 aromatic heterocycles. The molecule has 3 rings (SSSR count). The molecule has 1 fully saturated rings. The third-order valence-electron chi connectivity index (χ3n) is 2.69. The first kappa shape index (κ1) is 14.2. The Morgan fingerprint density at radius 2 is 2.14 bits per heavy atom. The maximum atomic E-state index is 11.6. The number of amides is 1. The quantitative estimate of drug-likeness (QED) is 0.687. The fraction of sp³-hybridized carbons (Fsp3) is 0.0714. The summed E-state index contributed by atoms with van der Waals surface area (Å²) in [6.07, 6.45) is 1.81. The minimum absolute atomic E-state index is 0.145. The zero-order valence-corrected chi connectivity index (χ0v) is 13.2. The molecule has 0 atom stereocenters. The van der Waals surface area contributed by atoms with E-state index in [-0.39, 0.29) is 5.91 Å². The van der Waals surface area contributed by atoms with Gasteiger partial charge in [-0.2, -0.15) is 0 Å². The molecule has 2 heterocycles. The predicted octanol–water partition coefficient (Wildman–Crippen LogP) is 3.21. The van der Waals surface area contributed by atoms with Gasteiger partial charge in [0.15, 0.2) is 0 Å². The zero-order valence-electron chi connectivity index (χ0n) is 10.7. The number of rotatable bonds is 4. The van der Waals surface area contributed by atoms with E-state index in [4.69, 9.17) is 17.0 Å². The van der Waals surface area contributed by atoms with Crippen molar-refractivity contribution in [3.05, 3.63) is 51.3 Å². The van der Waals surface area contributed by atoms with Gasteiger partial charge in [0.25, 0.3) is 5.91 Å². The van der Waals surface area contributed by atoms with Crippen molar-refractivity contribution in [2.24, 2.45) is 0 Å². The van der Waals surface area contributed by atoms with Gasteiger partial charge in [-0.15, -0.1) is 11.3 Å². The Morgan fingerprint density at radius 3 is 2.76 bits per heavy atom. The Morgan fingerprint density at radius 1 is 1.33 bits per heavy atom. The van der Waals surface area contributed by atoms with Crippen molar-refractivity contribution in [3.63, 3.8) is 0 Å². The number of carbonyl (C=O) groups is 1. The van der Waals surface area contributed by atoms with Crippen molar-refractivity contribution in [1.82, 2.24) is 10.3 Å². The topological polar surface area (TPSA) is 51.2 Å². The highest BCUT2D eigenvalue weighted by Crippen LogP contribution is 2.26. The van der Waals surface area contributed by atoms with E-state index in [2.05, 4.69) is 10.3 Å². The van der Waals surface area contributed by atoms with E-state index in [9.17, 15) is 4.79 Å². The average molecular weight is 334 g/mol. The van der Waals surface area contributed by atoms with Gasteiger partial charge in [0.2, 0.25) is 0 Å². The van der Waals surface area contributed by atoms with Gasteiger partial charge < -0.3 is 10.1 Å². The highest BCUT2D eigenvalue weighted by atomic mass is 32.2. The standard InChI is InChI=1S/C14H10N2O2S3/c17-13-12(21-14(19)16-13)5-9-1-3-11(4-2-9)18-6-10-7-20-8-15-10/h1-5,7-8H,6H2,(H,16,17,19)/b12-5+. The lowest BCUT2D eigenvalue weighted by atomic mass is 10.2. The van der Waals surface area contributed by atoms with E-state index < -0.39 is 0 Å². The largest absolute Gasteiger partial charge is 0.487 e. The van der Waals surface area contributed by atoms with Gasteiger partial charge in [0.05, 0.1) is 16.1 Å².